The lowest BCUT2D eigenvalue weighted by molar-refractivity contribution is -0.0455. The molecule has 2 aromatic rings. The molecule has 0 radical (unpaired) electrons. The van der Waals surface area contributed by atoms with E-state index in [4.69, 9.17) is 14.1 Å². The Hall–Kier alpha value is -2.26. The fraction of sp³-hybridized carbons (Fsp3) is 0.143. The maximum atomic E-state index is 9.59. The molecule has 0 spiro atoms. The van der Waals surface area contributed by atoms with Gasteiger partial charge in [0.05, 0.1) is 12.1 Å². The maximum Gasteiger partial charge on any atom is 0.467 e. The van der Waals surface area contributed by atoms with Gasteiger partial charge < -0.3 is 34.4 Å². The Balaban J connectivity index is 2.04. The third-order valence-electron chi connectivity index (χ3n) is 3.11. The van der Waals surface area contributed by atoms with E-state index in [0.29, 0.717) is 5.75 Å². The topological polar surface area (TPSA) is 109 Å². The lowest BCUT2D eigenvalue weighted by Crippen LogP contribution is -2.51. The highest BCUT2D eigenvalue weighted by Crippen LogP contribution is 2.44. The summed E-state index contributed by atoms with van der Waals surface area (Å²) in [7, 11) is 0. The Bertz CT molecular complexity index is 672. The number of rotatable bonds is 3. The Morgan fingerprint density at radius 2 is 1.77 bits per heavy atom. The van der Waals surface area contributed by atoms with Gasteiger partial charge in [-0.15, -0.1) is 0 Å². The molecule has 1 aliphatic heterocycles. The summed E-state index contributed by atoms with van der Waals surface area (Å²) in [5, 5.41) is 38.3. The highest BCUT2D eigenvalue weighted by Gasteiger charge is 2.34. The summed E-state index contributed by atoms with van der Waals surface area (Å²) in [4.78, 5) is 0. The molecule has 0 amide bonds. The van der Waals surface area contributed by atoms with Crippen LogP contribution in [0.15, 0.2) is 42.5 Å². The first-order valence-corrected chi connectivity index (χ1v) is 6.64. The molecule has 0 unspecified atom stereocenters. The molecule has 0 bridgehead atoms. The van der Waals surface area contributed by atoms with Crippen molar-refractivity contribution in [3.05, 3.63) is 48.0 Å². The molecule has 1 aliphatic rings. The van der Waals surface area contributed by atoms with Gasteiger partial charge in [-0.2, -0.15) is 0 Å². The molecule has 0 saturated heterocycles. The zero-order valence-corrected chi connectivity index (χ0v) is 11.4. The van der Waals surface area contributed by atoms with Gasteiger partial charge in [0.25, 0.3) is 0 Å². The molecule has 116 valence electrons. The smallest absolute Gasteiger partial charge is 0.467 e. The van der Waals surface area contributed by atoms with Crippen molar-refractivity contribution in [1.82, 2.24) is 0 Å². The first-order valence-electron chi connectivity index (χ1n) is 6.64. The second-order valence-electron chi connectivity index (χ2n) is 4.88. The number of benzene rings is 2. The van der Waals surface area contributed by atoms with Crippen LogP contribution in [0, 0.1) is 0 Å². The first-order chi connectivity index (χ1) is 10.5. The molecule has 0 aliphatic carbocycles. The van der Waals surface area contributed by atoms with Crippen molar-refractivity contribution in [2.75, 3.05) is 6.51 Å². The summed E-state index contributed by atoms with van der Waals surface area (Å²) in [6, 6.07) is 11.7. The number of hydrogen-bond donors (Lipinski definition) is 4. The quantitative estimate of drug-likeness (QED) is 0.488. The predicted octanol–water partition coefficient (Wildman–Crippen LogP) is 0.696. The number of aliphatic hydroxyl groups is 2. The van der Waals surface area contributed by atoms with E-state index >= 15 is 0 Å². The molecule has 1 heterocycles. The van der Waals surface area contributed by atoms with Crippen LogP contribution in [-0.4, -0.2) is 33.5 Å². The Labute approximate surface area is 125 Å². The van der Waals surface area contributed by atoms with Crippen LogP contribution in [0.3, 0.4) is 0 Å². The fourth-order valence-electron chi connectivity index (χ4n) is 2.17. The summed E-state index contributed by atoms with van der Waals surface area (Å²) in [6.07, 6.45) is -1.94. The highest BCUT2D eigenvalue weighted by molar-refractivity contribution is 6.58. The van der Waals surface area contributed by atoms with Gasteiger partial charge in [-0.1, -0.05) is 18.2 Å². The number of para-hydroxylation sites is 1. The molecular formula is C14H14BO7-. The monoisotopic (exact) mass is 305 g/mol. The van der Waals surface area contributed by atoms with Gasteiger partial charge in [-0.05, 0) is 24.3 Å². The molecular weight excluding hydrogens is 291 g/mol. The zero-order valence-electron chi connectivity index (χ0n) is 11.4. The van der Waals surface area contributed by atoms with Gasteiger partial charge in [-0.25, -0.2) is 0 Å². The molecule has 4 N–H and O–H groups in total. The second kappa shape index (κ2) is 5.50. The van der Waals surface area contributed by atoms with Crippen LogP contribution in [0.2, 0.25) is 0 Å². The molecule has 3 rings (SSSR count). The SMILES string of the molecule is OC(O)c1c(Oc2ccccc2)ccc2c1O[B-](O)(O)CO2. The van der Waals surface area contributed by atoms with Crippen LogP contribution in [-0.2, 0) is 0 Å². The Morgan fingerprint density at radius 1 is 1.05 bits per heavy atom. The van der Waals surface area contributed by atoms with E-state index in [1.807, 2.05) is 6.07 Å². The van der Waals surface area contributed by atoms with E-state index in [2.05, 4.69) is 0 Å². The van der Waals surface area contributed by atoms with Crippen LogP contribution in [0.1, 0.15) is 11.9 Å². The molecule has 0 fully saturated rings. The van der Waals surface area contributed by atoms with E-state index in [9.17, 15) is 20.3 Å². The largest absolute Gasteiger partial charge is 0.665 e. The number of fused-ring (bicyclic) bond motifs is 1. The summed E-state index contributed by atoms with van der Waals surface area (Å²) in [5.74, 6) is 0.590. The minimum Gasteiger partial charge on any atom is -0.665 e. The van der Waals surface area contributed by atoms with E-state index in [-0.39, 0.29) is 22.8 Å². The lowest BCUT2D eigenvalue weighted by Gasteiger charge is -2.37. The van der Waals surface area contributed by atoms with Crippen LogP contribution in [0.5, 0.6) is 23.0 Å². The molecule has 8 heteroatoms. The van der Waals surface area contributed by atoms with Crippen molar-refractivity contribution in [2.45, 2.75) is 6.29 Å². The van der Waals surface area contributed by atoms with Gasteiger partial charge in [0.2, 0.25) is 0 Å². The van der Waals surface area contributed by atoms with E-state index in [0.717, 1.165) is 0 Å². The zero-order chi connectivity index (χ0) is 15.7. The third kappa shape index (κ3) is 2.86. The molecule has 0 aromatic heterocycles. The van der Waals surface area contributed by atoms with Gasteiger partial charge in [-0.3, -0.25) is 0 Å². The van der Waals surface area contributed by atoms with Gasteiger partial charge >= 0.3 is 6.75 Å². The van der Waals surface area contributed by atoms with Crippen LogP contribution in [0.4, 0.5) is 0 Å². The molecule has 7 nitrogen and oxygen atoms in total. The van der Waals surface area contributed by atoms with Crippen molar-refractivity contribution in [1.29, 1.82) is 0 Å². The summed E-state index contributed by atoms with van der Waals surface area (Å²) in [5.41, 5.74) is -0.143. The average Bonchev–Trinajstić information content (AvgIpc) is 2.46. The van der Waals surface area contributed by atoms with E-state index < -0.39 is 19.6 Å². The standard InChI is InChI=1S/C14H14BO7/c16-14(17)12-10(21-9-4-2-1-3-5-9)6-7-11-13(12)22-15(18,19)8-20-11/h1-7,14,16-19H,8H2/q-1. The molecule has 0 saturated carbocycles. The first kappa shape index (κ1) is 14.7. The highest BCUT2D eigenvalue weighted by atomic mass is 16.7. The third-order valence-corrected chi connectivity index (χ3v) is 3.11. The van der Waals surface area contributed by atoms with E-state index in [1.165, 1.54) is 12.1 Å². The second-order valence-corrected chi connectivity index (χ2v) is 4.88. The summed E-state index contributed by atoms with van der Waals surface area (Å²) >= 11 is 0. The Kier molecular flexibility index (Phi) is 3.67. The van der Waals surface area contributed by atoms with Crippen molar-refractivity contribution >= 4 is 6.75 Å². The van der Waals surface area contributed by atoms with Crippen molar-refractivity contribution in [3.8, 4) is 23.0 Å². The number of ether oxygens (including phenoxy) is 2. The van der Waals surface area contributed by atoms with Crippen LogP contribution >= 0.6 is 0 Å². The number of hydrogen-bond acceptors (Lipinski definition) is 7. The predicted molar refractivity (Wildman–Crippen MR) is 76.5 cm³/mol. The minimum absolute atomic E-state index is 0.108. The van der Waals surface area contributed by atoms with Crippen LogP contribution < -0.4 is 14.1 Å². The molecule has 22 heavy (non-hydrogen) atoms. The number of aliphatic hydroxyl groups excluding tert-OH is 1. The van der Waals surface area contributed by atoms with Gasteiger partial charge in [0.1, 0.15) is 17.2 Å². The summed E-state index contributed by atoms with van der Waals surface area (Å²) in [6.45, 7) is -3.66. The average molecular weight is 305 g/mol. The van der Waals surface area contributed by atoms with Crippen molar-refractivity contribution < 1.29 is 34.4 Å². The minimum atomic E-state index is -3.22. The lowest BCUT2D eigenvalue weighted by atomic mass is 9.80. The van der Waals surface area contributed by atoms with Gasteiger partial charge in [0, 0.05) is 0 Å². The normalized spacial score (nSPS) is 15.7. The maximum absolute atomic E-state index is 9.59. The van der Waals surface area contributed by atoms with Crippen molar-refractivity contribution in [2.24, 2.45) is 0 Å². The van der Waals surface area contributed by atoms with Gasteiger partial charge in [0.15, 0.2) is 12.0 Å². The summed E-state index contributed by atoms with van der Waals surface area (Å²) < 4.78 is 15.8. The molecule has 2 aromatic carbocycles. The van der Waals surface area contributed by atoms with Crippen molar-refractivity contribution in [3.63, 3.8) is 0 Å². The fourth-order valence-corrected chi connectivity index (χ4v) is 2.17. The molecule has 0 atom stereocenters. The van der Waals surface area contributed by atoms with Crippen LogP contribution in [0.25, 0.3) is 0 Å². The van der Waals surface area contributed by atoms with E-state index in [1.54, 1.807) is 24.3 Å². The Morgan fingerprint density at radius 3 is 2.45 bits per heavy atom.